The molecule has 0 aromatic heterocycles. The van der Waals surface area contributed by atoms with Crippen LogP contribution in [0.4, 0.5) is 14.5 Å². The van der Waals surface area contributed by atoms with E-state index in [4.69, 9.17) is 11.6 Å². The van der Waals surface area contributed by atoms with Crippen molar-refractivity contribution in [1.82, 2.24) is 0 Å². The Morgan fingerprint density at radius 2 is 1.76 bits per heavy atom. The number of anilines is 1. The fourth-order valence-corrected chi connectivity index (χ4v) is 2.50. The van der Waals surface area contributed by atoms with Crippen LogP contribution in [0.5, 0.6) is 0 Å². The summed E-state index contributed by atoms with van der Waals surface area (Å²) in [6.45, 7) is 1.80. The molecular formula is C16H14ClF2NO. The maximum Gasteiger partial charge on any atom is 0.150 e. The van der Waals surface area contributed by atoms with Crippen molar-refractivity contribution in [2.45, 2.75) is 13.0 Å². The third-order valence-corrected chi connectivity index (χ3v) is 3.81. The lowest BCUT2D eigenvalue weighted by molar-refractivity contribution is 0.112. The molecule has 0 fully saturated rings. The minimum absolute atomic E-state index is 0.0347. The zero-order valence-electron chi connectivity index (χ0n) is 11.6. The number of carbonyl (C=O) groups is 1. The van der Waals surface area contributed by atoms with Gasteiger partial charge < -0.3 is 4.90 Å². The first kappa shape index (κ1) is 15.4. The topological polar surface area (TPSA) is 20.3 Å². The van der Waals surface area contributed by atoms with Gasteiger partial charge in [-0.15, -0.1) is 0 Å². The third-order valence-electron chi connectivity index (χ3n) is 3.46. The van der Waals surface area contributed by atoms with Crippen molar-refractivity contribution in [3.05, 3.63) is 64.2 Å². The summed E-state index contributed by atoms with van der Waals surface area (Å²) in [5.74, 6) is -1.56. The van der Waals surface area contributed by atoms with Gasteiger partial charge in [0.2, 0.25) is 0 Å². The van der Waals surface area contributed by atoms with Crippen LogP contribution in [0, 0.1) is 11.6 Å². The van der Waals surface area contributed by atoms with E-state index in [0.717, 1.165) is 17.7 Å². The van der Waals surface area contributed by atoms with Crippen LogP contribution in [-0.4, -0.2) is 13.3 Å². The molecule has 0 saturated carbocycles. The van der Waals surface area contributed by atoms with Crippen LogP contribution in [0.2, 0.25) is 5.02 Å². The summed E-state index contributed by atoms with van der Waals surface area (Å²) in [5.41, 5.74) is 0.542. The average molecular weight is 310 g/mol. The lowest BCUT2D eigenvalue weighted by Gasteiger charge is -2.28. The highest BCUT2D eigenvalue weighted by Gasteiger charge is 2.21. The molecule has 0 spiro atoms. The number of halogens is 3. The van der Waals surface area contributed by atoms with Gasteiger partial charge in [-0.05, 0) is 30.7 Å². The molecule has 2 aromatic rings. The van der Waals surface area contributed by atoms with E-state index in [2.05, 4.69) is 0 Å². The molecular weight excluding hydrogens is 296 g/mol. The van der Waals surface area contributed by atoms with Crippen LogP contribution in [0.1, 0.15) is 28.9 Å². The van der Waals surface area contributed by atoms with E-state index >= 15 is 0 Å². The quantitative estimate of drug-likeness (QED) is 0.768. The fourth-order valence-electron chi connectivity index (χ4n) is 2.21. The summed E-state index contributed by atoms with van der Waals surface area (Å²) in [7, 11) is 1.58. The molecule has 5 heteroatoms. The molecule has 2 rings (SSSR count). The van der Waals surface area contributed by atoms with Gasteiger partial charge in [0, 0.05) is 17.6 Å². The third kappa shape index (κ3) is 3.05. The van der Waals surface area contributed by atoms with E-state index in [-0.39, 0.29) is 17.3 Å². The number of rotatable bonds is 4. The van der Waals surface area contributed by atoms with Gasteiger partial charge in [-0.3, -0.25) is 4.79 Å². The maximum absolute atomic E-state index is 14.1. The molecule has 110 valence electrons. The number of nitrogens with zero attached hydrogens (tertiary/aromatic N) is 1. The Morgan fingerprint density at radius 1 is 1.19 bits per heavy atom. The highest BCUT2D eigenvalue weighted by Crippen LogP contribution is 2.33. The number of benzene rings is 2. The van der Waals surface area contributed by atoms with E-state index in [1.54, 1.807) is 32.2 Å². The highest BCUT2D eigenvalue weighted by molar-refractivity contribution is 6.31. The predicted molar refractivity (Wildman–Crippen MR) is 80.0 cm³/mol. The molecule has 2 aromatic carbocycles. The van der Waals surface area contributed by atoms with Gasteiger partial charge >= 0.3 is 0 Å². The molecule has 0 heterocycles. The molecule has 0 aliphatic rings. The lowest BCUT2D eigenvalue weighted by atomic mass is 10.1. The van der Waals surface area contributed by atoms with Crippen molar-refractivity contribution in [3.63, 3.8) is 0 Å². The van der Waals surface area contributed by atoms with Gasteiger partial charge in [0.1, 0.15) is 23.6 Å². The number of hydrogen-bond donors (Lipinski definition) is 0. The van der Waals surface area contributed by atoms with Gasteiger partial charge in [-0.1, -0.05) is 29.8 Å². The summed E-state index contributed by atoms with van der Waals surface area (Å²) >= 11 is 6.12. The summed E-state index contributed by atoms with van der Waals surface area (Å²) < 4.78 is 28.1. The van der Waals surface area contributed by atoms with Crippen LogP contribution in [0.3, 0.4) is 0 Å². The second-order valence-electron chi connectivity index (χ2n) is 4.76. The van der Waals surface area contributed by atoms with Crippen LogP contribution in [-0.2, 0) is 0 Å². The number of hydrogen-bond acceptors (Lipinski definition) is 2. The minimum atomic E-state index is -0.779. The molecule has 2 nitrogen and oxygen atoms in total. The summed E-state index contributed by atoms with van der Waals surface area (Å²) in [6.07, 6.45) is 0.410. The van der Waals surface area contributed by atoms with Gasteiger partial charge in [-0.25, -0.2) is 8.78 Å². The zero-order chi connectivity index (χ0) is 15.6. The summed E-state index contributed by atoms with van der Waals surface area (Å²) in [4.78, 5) is 12.1. The SMILES string of the molecule is CC(c1ccccc1Cl)N(C)c1c(F)cc(C=O)cc1F. The molecule has 1 atom stereocenters. The van der Waals surface area contributed by atoms with Crippen LogP contribution < -0.4 is 4.90 Å². The van der Waals surface area contributed by atoms with E-state index in [1.807, 2.05) is 6.07 Å². The van der Waals surface area contributed by atoms with Crippen molar-refractivity contribution in [2.75, 3.05) is 11.9 Å². The second kappa shape index (κ2) is 6.22. The van der Waals surface area contributed by atoms with E-state index in [9.17, 15) is 13.6 Å². The van der Waals surface area contributed by atoms with E-state index in [1.165, 1.54) is 4.90 Å². The first-order valence-electron chi connectivity index (χ1n) is 6.37. The first-order valence-corrected chi connectivity index (χ1v) is 6.75. The summed E-state index contributed by atoms with van der Waals surface area (Å²) in [5, 5.41) is 0.530. The van der Waals surface area contributed by atoms with Gasteiger partial charge in [0.05, 0.1) is 6.04 Å². The Hall–Kier alpha value is -1.94. The van der Waals surface area contributed by atoms with Crippen molar-refractivity contribution in [3.8, 4) is 0 Å². The standard InChI is InChI=1S/C16H14ClF2NO/c1-10(12-5-3-4-6-13(12)17)20(2)16-14(18)7-11(9-21)8-15(16)19/h3-10H,1-2H3. The summed E-state index contributed by atoms with van der Waals surface area (Å²) in [6, 6.07) is 8.84. The largest absolute Gasteiger partial charge is 0.363 e. The number of carbonyl (C=O) groups excluding carboxylic acids is 1. The van der Waals surface area contributed by atoms with Gasteiger partial charge in [-0.2, -0.15) is 0 Å². The zero-order valence-corrected chi connectivity index (χ0v) is 12.4. The molecule has 0 aliphatic heterocycles. The van der Waals surface area contributed by atoms with Crippen LogP contribution >= 0.6 is 11.6 Å². The minimum Gasteiger partial charge on any atom is -0.363 e. The second-order valence-corrected chi connectivity index (χ2v) is 5.17. The molecule has 1 unspecified atom stereocenters. The van der Waals surface area contributed by atoms with Crippen molar-refractivity contribution in [2.24, 2.45) is 0 Å². The maximum atomic E-state index is 14.1. The van der Waals surface area contributed by atoms with Crippen LogP contribution in [0.15, 0.2) is 36.4 Å². The monoisotopic (exact) mass is 309 g/mol. The van der Waals surface area contributed by atoms with Crippen molar-refractivity contribution < 1.29 is 13.6 Å². The molecule has 0 N–H and O–H groups in total. The van der Waals surface area contributed by atoms with Crippen LogP contribution in [0.25, 0.3) is 0 Å². The van der Waals surface area contributed by atoms with Gasteiger partial charge in [0.15, 0.2) is 0 Å². The Kier molecular flexibility index (Phi) is 4.58. The molecule has 0 aliphatic carbocycles. The van der Waals surface area contributed by atoms with Gasteiger partial charge in [0.25, 0.3) is 0 Å². The Labute approximate surface area is 127 Å². The predicted octanol–water partition coefficient (Wildman–Crippen LogP) is 4.63. The molecule has 0 saturated heterocycles. The van der Waals surface area contributed by atoms with E-state index < -0.39 is 11.6 Å². The van der Waals surface area contributed by atoms with Crippen molar-refractivity contribution >= 4 is 23.6 Å². The highest BCUT2D eigenvalue weighted by atomic mass is 35.5. The molecule has 0 radical (unpaired) electrons. The first-order chi connectivity index (χ1) is 9.95. The number of aldehydes is 1. The molecule has 0 amide bonds. The Morgan fingerprint density at radius 3 is 2.29 bits per heavy atom. The lowest BCUT2D eigenvalue weighted by Crippen LogP contribution is -2.24. The molecule has 0 bridgehead atoms. The van der Waals surface area contributed by atoms with E-state index in [0.29, 0.717) is 11.3 Å². The molecule has 21 heavy (non-hydrogen) atoms. The Bertz CT molecular complexity index is 652. The Balaban J connectivity index is 2.43. The normalized spacial score (nSPS) is 12.0. The average Bonchev–Trinajstić information content (AvgIpc) is 2.46. The fraction of sp³-hybridized carbons (Fsp3) is 0.188. The van der Waals surface area contributed by atoms with Crippen molar-refractivity contribution in [1.29, 1.82) is 0 Å². The smallest absolute Gasteiger partial charge is 0.150 e.